The van der Waals surface area contributed by atoms with Gasteiger partial charge in [0, 0.05) is 6.54 Å². The number of benzene rings is 1. The number of carbonyl (C=O) groups is 1. The Hall–Kier alpha value is -2.00. The molecule has 0 heterocycles. The third kappa shape index (κ3) is 5.44. The lowest BCUT2D eigenvalue weighted by Gasteiger charge is -2.08. The van der Waals surface area contributed by atoms with Gasteiger partial charge in [0.25, 0.3) is 0 Å². The molecule has 0 spiro atoms. The van der Waals surface area contributed by atoms with Gasteiger partial charge < -0.3 is 5.32 Å². The van der Waals surface area contributed by atoms with Gasteiger partial charge in [-0.3, -0.25) is 10.1 Å². The summed E-state index contributed by atoms with van der Waals surface area (Å²) in [4.78, 5) is 11.3. The molecule has 2 N–H and O–H groups in total. The van der Waals surface area contributed by atoms with Crippen LogP contribution in [0.5, 0.6) is 0 Å². The zero-order chi connectivity index (χ0) is 14.3. The maximum absolute atomic E-state index is 12.3. The highest BCUT2D eigenvalue weighted by molar-refractivity contribution is 5.77. The minimum absolute atomic E-state index is 0.0742. The molecule has 0 aliphatic carbocycles. The first-order chi connectivity index (χ1) is 8.93. The van der Waals surface area contributed by atoms with E-state index in [0.29, 0.717) is 5.56 Å². The summed E-state index contributed by atoms with van der Waals surface area (Å²) in [6, 6.07) is 4.63. The number of nitrogens with one attached hydrogen (secondary N) is 2. The van der Waals surface area contributed by atoms with Crippen LogP contribution in [0.15, 0.2) is 24.3 Å². The summed E-state index contributed by atoms with van der Waals surface area (Å²) in [5.41, 5.74) is -0.114. The van der Waals surface area contributed by atoms with Gasteiger partial charge in [0.1, 0.15) is 0 Å². The molecule has 19 heavy (non-hydrogen) atoms. The number of amides is 1. The van der Waals surface area contributed by atoms with Gasteiger partial charge in [-0.2, -0.15) is 13.2 Å². The van der Waals surface area contributed by atoms with Crippen molar-refractivity contribution >= 4 is 5.91 Å². The Morgan fingerprint density at radius 2 is 1.89 bits per heavy atom. The fourth-order valence-electron chi connectivity index (χ4n) is 1.32. The Bertz CT molecular complexity index is 460. The minimum Gasteiger partial charge on any atom is -0.351 e. The average Bonchev–Trinajstić information content (AvgIpc) is 2.36. The smallest absolute Gasteiger partial charge is 0.351 e. The average molecular weight is 270 g/mol. The Balaban J connectivity index is 2.42. The summed E-state index contributed by atoms with van der Waals surface area (Å²) in [5, 5.41) is 5.27. The molecule has 0 bridgehead atoms. The van der Waals surface area contributed by atoms with Gasteiger partial charge >= 0.3 is 6.18 Å². The van der Waals surface area contributed by atoms with Gasteiger partial charge in [-0.15, -0.1) is 6.42 Å². The highest BCUT2D eigenvalue weighted by atomic mass is 19.4. The number of rotatable bonds is 5. The van der Waals surface area contributed by atoms with Crippen LogP contribution in [0.4, 0.5) is 13.2 Å². The second-order valence-electron chi connectivity index (χ2n) is 3.78. The first-order valence-corrected chi connectivity index (χ1v) is 5.50. The normalized spacial score (nSPS) is 10.8. The van der Waals surface area contributed by atoms with Gasteiger partial charge in [0.2, 0.25) is 5.91 Å². The second-order valence-corrected chi connectivity index (χ2v) is 3.78. The Kier molecular flexibility index (Phi) is 5.39. The number of terminal acetylenes is 1. The van der Waals surface area contributed by atoms with Crippen LogP contribution in [-0.4, -0.2) is 19.0 Å². The molecule has 0 unspecified atom stereocenters. The molecule has 0 atom stereocenters. The lowest BCUT2D eigenvalue weighted by molar-refractivity contribution is -0.137. The van der Waals surface area contributed by atoms with Crippen molar-refractivity contribution in [3.63, 3.8) is 0 Å². The van der Waals surface area contributed by atoms with Crippen molar-refractivity contribution in [2.45, 2.75) is 12.7 Å². The SMILES string of the molecule is C#CCNCC(=O)NCc1ccc(C(F)(F)F)cc1. The summed E-state index contributed by atoms with van der Waals surface area (Å²) >= 11 is 0. The molecule has 0 saturated heterocycles. The first-order valence-electron chi connectivity index (χ1n) is 5.50. The van der Waals surface area contributed by atoms with Crippen LogP contribution >= 0.6 is 0 Å². The van der Waals surface area contributed by atoms with E-state index in [1.165, 1.54) is 12.1 Å². The Morgan fingerprint density at radius 3 is 2.42 bits per heavy atom. The van der Waals surface area contributed by atoms with E-state index in [9.17, 15) is 18.0 Å². The van der Waals surface area contributed by atoms with Crippen molar-refractivity contribution in [1.82, 2.24) is 10.6 Å². The molecule has 0 aromatic heterocycles. The summed E-state index contributed by atoms with van der Waals surface area (Å²) in [6.07, 6.45) is 0.647. The summed E-state index contributed by atoms with van der Waals surface area (Å²) in [5.74, 6) is 2.05. The molecule has 0 radical (unpaired) electrons. The maximum atomic E-state index is 12.3. The lowest BCUT2D eigenvalue weighted by atomic mass is 10.1. The van der Waals surface area contributed by atoms with Gasteiger partial charge in [-0.25, -0.2) is 0 Å². The largest absolute Gasteiger partial charge is 0.416 e. The van der Waals surface area contributed by atoms with Crippen LogP contribution in [0.1, 0.15) is 11.1 Å². The van der Waals surface area contributed by atoms with E-state index in [1.807, 2.05) is 0 Å². The van der Waals surface area contributed by atoms with Gasteiger partial charge in [-0.05, 0) is 17.7 Å². The molecular formula is C13H13F3N2O. The quantitative estimate of drug-likeness (QED) is 0.629. The van der Waals surface area contributed by atoms with Gasteiger partial charge in [0.05, 0.1) is 18.7 Å². The molecule has 1 amide bonds. The third-order valence-electron chi connectivity index (χ3n) is 2.28. The van der Waals surface area contributed by atoms with Crippen LogP contribution in [0.25, 0.3) is 0 Å². The molecule has 6 heteroatoms. The van der Waals surface area contributed by atoms with Crippen LogP contribution in [0.3, 0.4) is 0 Å². The lowest BCUT2D eigenvalue weighted by Crippen LogP contribution is -2.33. The Morgan fingerprint density at radius 1 is 1.26 bits per heavy atom. The first kappa shape index (κ1) is 15.1. The molecule has 1 aromatic rings. The van der Waals surface area contributed by atoms with Crippen LogP contribution in [0, 0.1) is 12.3 Å². The fourth-order valence-corrected chi connectivity index (χ4v) is 1.32. The van der Waals surface area contributed by atoms with E-state index in [-0.39, 0.29) is 25.5 Å². The van der Waals surface area contributed by atoms with E-state index in [0.717, 1.165) is 12.1 Å². The molecular weight excluding hydrogens is 257 g/mol. The van der Waals surface area contributed by atoms with Crippen molar-refractivity contribution < 1.29 is 18.0 Å². The van der Waals surface area contributed by atoms with E-state index in [1.54, 1.807) is 0 Å². The van der Waals surface area contributed by atoms with E-state index >= 15 is 0 Å². The van der Waals surface area contributed by atoms with E-state index in [2.05, 4.69) is 16.6 Å². The summed E-state index contributed by atoms with van der Waals surface area (Å²) in [7, 11) is 0. The molecule has 0 fully saturated rings. The molecule has 102 valence electrons. The number of carbonyl (C=O) groups excluding carboxylic acids is 1. The van der Waals surface area contributed by atoms with Crippen LogP contribution in [-0.2, 0) is 17.5 Å². The predicted octanol–water partition coefficient (Wildman–Crippen LogP) is 1.54. The molecule has 0 saturated carbocycles. The molecule has 0 aliphatic heterocycles. The van der Waals surface area contributed by atoms with Crippen molar-refractivity contribution in [3.05, 3.63) is 35.4 Å². The third-order valence-corrected chi connectivity index (χ3v) is 2.28. The number of hydrogen-bond donors (Lipinski definition) is 2. The zero-order valence-corrected chi connectivity index (χ0v) is 10.1. The summed E-state index contributed by atoms with van der Waals surface area (Å²) < 4.78 is 36.9. The van der Waals surface area contributed by atoms with E-state index < -0.39 is 11.7 Å². The van der Waals surface area contributed by atoms with Crippen molar-refractivity contribution in [2.75, 3.05) is 13.1 Å². The molecule has 1 aromatic carbocycles. The fraction of sp³-hybridized carbons (Fsp3) is 0.308. The van der Waals surface area contributed by atoms with Crippen LogP contribution in [0.2, 0.25) is 0 Å². The number of halogens is 3. The van der Waals surface area contributed by atoms with Crippen molar-refractivity contribution in [1.29, 1.82) is 0 Å². The number of hydrogen-bond acceptors (Lipinski definition) is 2. The topological polar surface area (TPSA) is 41.1 Å². The monoisotopic (exact) mass is 270 g/mol. The highest BCUT2D eigenvalue weighted by Gasteiger charge is 2.29. The zero-order valence-electron chi connectivity index (χ0n) is 10.1. The standard InChI is InChI=1S/C13H13F3N2O/c1-2-7-17-9-12(19)18-8-10-3-5-11(6-4-10)13(14,15)16/h1,3-6,17H,7-9H2,(H,18,19). The van der Waals surface area contributed by atoms with Gasteiger partial charge in [-0.1, -0.05) is 18.1 Å². The molecule has 1 rings (SSSR count). The minimum atomic E-state index is -4.35. The Labute approximate surface area is 109 Å². The van der Waals surface area contributed by atoms with Crippen LogP contribution < -0.4 is 10.6 Å². The maximum Gasteiger partial charge on any atom is 0.416 e. The molecule has 0 aliphatic rings. The van der Waals surface area contributed by atoms with Crippen molar-refractivity contribution in [2.24, 2.45) is 0 Å². The predicted molar refractivity (Wildman–Crippen MR) is 65.0 cm³/mol. The second kappa shape index (κ2) is 6.81. The molecule has 3 nitrogen and oxygen atoms in total. The summed E-state index contributed by atoms with van der Waals surface area (Å²) in [6.45, 7) is 0.535. The number of alkyl halides is 3. The van der Waals surface area contributed by atoms with Crippen molar-refractivity contribution in [3.8, 4) is 12.3 Å². The highest BCUT2D eigenvalue weighted by Crippen LogP contribution is 2.28. The van der Waals surface area contributed by atoms with E-state index in [4.69, 9.17) is 6.42 Å². The van der Waals surface area contributed by atoms with Gasteiger partial charge in [0.15, 0.2) is 0 Å².